The lowest BCUT2D eigenvalue weighted by atomic mass is 10.0. The molecule has 0 unspecified atom stereocenters. The van der Waals surface area contributed by atoms with Crippen LogP contribution < -0.4 is 14.5 Å². The van der Waals surface area contributed by atoms with Crippen LogP contribution in [0.15, 0.2) is 30.3 Å². The number of thiocarbonyl (C=S) groups is 1. The van der Waals surface area contributed by atoms with Crippen LogP contribution in [0.4, 0.5) is 28.9 Å². The molecule has 0 spiro atoms. The Morgan fingerprint density at radius 3 is 2.49 bits per heavy atom. The highest BCUT2D eigenvalue weighted by molar-refractivity contribution is 7.81. The van der Waals surface area contributed by atoms with Crippen molar-refractivity contribution in [3.05, 3.63) is 52.8 Å². The molecule has 0 radical (unpaired) electrons. The molecule has 4 rings (SSSR count). The molecule has 2 aromatic carbocycles. The molecule has 0 saturated carbocycles. The average molecular weight is 506 g/mol. The predicted molar refractivity (Wildman–Crippen MR) is 122 cm³/mol. The van der Waals surface area contributed by atoms with E-state index < -0.39 is 40.3 Å². The van der Waals surface area contributed by atoms with Crippen molar-refractivity contribution in [2.24, 2.45) is 0 Å². The second-order valence-corrected chi connectivity index (χ2v) is 8.87. The van der Waals surface area contributed by atoms with Crippen LogP contribution >= 0.6 is 12.2 Å². The van der Waals surface area contributed by atoms with Crippen molar-refractivity contribution in [2.75, 3.05) is 30.0 Å². The molecule has 0 aromatic heterocycles. The van der Waals surface area contributed by atoms with E-state index in [1.54, 1.807) is 7.05 Å². The summed E-state index contributed by atoms with van der Waals surface area (Å²) < 4.78 is 61.4. The fourth-order valence-corrected chi connectivity index (χ4v) is 4.61. The molecule has 2 heterocycles. The SMILES string of the molecule is CN1CCOc2cc(N3C(=S)N(c4ccc(C#N)c(C(F)(F)F)c4F)C(=O)C3(C)C)ccc2C1=O. The quantitative estimate of drug-likeness (QED) is 0.451. The number of halogens is 4. The number of fused-ring (bicyclic) bond motifs is 1. The number of rotatable bonds is 2. The number of nitrogens with zero attached hydrogens (tertiary/aromatic N) is 4. The van der Waals surface area contributed by atoms with Gasteiger partial charge in [-0.05, 0) is 50.3 Å². The first-order valence-corrected chi connectivity index (χ1v) is 10.7. The molecule has 0 atom stereocenters. The summed E-state index contributed by atoms with van der Waals surface area (Å²) in [6, 6.07) is 7.58. The van der Waals surface area contributed by atoms with Crippen LogP contribution in [0.2, 0.25) is 0 Å². The minimum absolute atomic E-state index is 0.230. The maximum absolute atomic E-state index is 15.1. The van der Waals surface area contributed by atoms with E-state index in [0.717, 1.165) is 12.1 Å². The van der Waals surface area contributed by atoms with Crippen LogP contribution in [0.5, 0.6) is 5.75 Å². The third kappa shape index (κ3) is 3.76. The summed E-state index contributed by atoms with van der Waals surface area (Å²) >= 11 is 5.44. The Kier molecular flexibility index (Phi) is 5.72. The predicted octanol–water partition coefficient (Wildman–Crippen LogP) is 4.10. The van der Waals surface area contributed by atoms with E-state index in [1.165, 1.54) is 47.9 Å². The molecule has 0 N–H and O–H groups in total. The Morgan fingerprint density at radius 2 is 1.86 bits per heavy atom. The minimum Gasteiger partial charge on any atom is -0.491 e. The van der Waals surface area contributed by atoms with Gasteiger partial charge in [-0.25, -0.2) is 4.39 Å². The van der Waals surface area contributed by atoms with E-state index in [-0.39, 0.29) is 23.4 Å². The van der Waals surface area contributed by atoms with Crippen LogP contribution in [0, 0.1) is 17.1 Å². The maximum atomic E-state index is 15.1. The molecule has 7 nitrogen and oxygen atoms in total. The lowest BCUT2D eigenvalue weighted by Gasteiger charge is -2.30. The molecule has 12 heteroatoms. The average Bonchev–Trinajstić information content (AvgIpc) is 2.86. The number of benzene rings is 2. The Morgan fingerprint density at radius 1 is 1.17 bits per heavy atom. The van der Waals surface area contributed by atoms with Gasteiger partial charge in [0.2, 0.25) is 0 Å². The molecule has 2 amide bonds. The Hall–Kier alpha value is -3.72. The van der Waals surface area contributed by atoms with Crippen molar-refractivity contribution in [3.8, 4) is 11.8 Å². The number of ether oxygens (including phenoxy) is 1. The van der Waals surface area contributed by atoms with Crippen LogP contribution in [-0.4, -0.2) is 47.6 Å². The highest BCUT2D eigenvalue weighted by Crippen LogP contribution is 2.42. The standard InChI is InChI=1S/C23H18F4N4O3S/c1-22(2)20(33)30(15-7-4-12(11-28)17(18(15)24)23(25,26)27)21(35)31(22)13-5-6-14-16(10-13)34-9-8-29(3)19(14)32/h4-7,10H,8-9H2,1-3H3. The summed E-state index contributed by atoms with van der Waals surface area (Å²) in [5, 5.41) is 8.75. The topological polar surface area (TPSA) is 76.9 Å². The molecule has 2 aliphatic rings. The Labute approximate surface area is 203 Å². The molecule has 0 bridgehead atoms. The van der Waals surface area contributed by atoms with Gasteiger partial charge in [-0.3, -0.25) is 14.5 Å². The van der Waals surface area contributed by atoms with Crippen molar-refractivity contribution in [1.29, 1.82) is 5.26 Å². The first-order chi connectivity index (χ1) is 16.3. The summed E-state index contributed by atoms with van der Waals surface area (Å²) in [4.78, 5) is 29.4. The van der Waals surface area contributed by atoms with Gasteiger partial charge in [-0.15, -0.1) is 0 Å². The van der Waals surface area contributed by atoms with Crippen molar-refractivity contribution >= 4 is 40.5 Å². The van der Waals surface area contributed by atoms with Gasteiger partial charge >= 0.3 is 6.18 Å². The van der Waals surface area contributed by atoms with Crippen molar-refractivity contribution in [3.63, 3.8) is 0 Å². The minimum atomic E-state index is -5.17. The van der Waals surface area contributed by atoms with E-state index in [2.05, 4.69) is 0 Å². The summed E-state index contributed by atoms with van der Waals surface area (Å²) in [7, 11) is 1.63. The number of carbonyl (C=O) groups excluding carboxylic acids is 2. The molecular formula is C23H18F4N4O3S. The van der Waals surface area contributed by atoms with Crippen LogP contribution in [0.25, 0.3) is 0 Å². The van der Waals surface area contributed by atoms with Crippen LogP contribution in [0.3, 0.4) is 0 Å². The first kappa shape index (κ1) is 24.4. The van der Waals surface area contributed by atoms with Crippen LogP contribution in [-0.2, 0) is 11.0 Å². The third-order valence-corrected chi connectivity index (χ3v) is 6.28. The summed E-state index contributed by atoms with van der Waals surface area (Å²) in [5.41, 5.74) is -4.19. The van der Waals surface area contributed by atoms with Crippen molar-refractivity contribution in [1.82, 2.24) is 4.90 Å². The summed E-state index contributed by atoms with van der Waals surface area (Å²) in [5.74, 6) is -2.55. The fraction of sp³-hybridized carbons (Fsp3) is 0.304. The highest BCUT2D eigenvalue weighted by atomic mass is 32.1. The Bertz CT molecular complexity index is 1320. The second kappa shape index (κ2) is 8.20. The molecule has 1 fully saturated rings. The number of amides is 2. The maximum Gasteiger partial charge on any atom is 0.420 e. The normalized spacial score (nSPS) is 17.8. The van der Waals surface area contributed by atoms with Gasteiger partial charge in [0, 0.05) is 18.8 Å². The van der Waals surface area contributed by atoms with Gasteiger partial charge in [0.25, 0.3) is 11.8 Å². The summed E-state index contributed by atoms with van der Waals surface area (Å²) in [6.07, 6.45) is -5.17. The van der Waals surface area contributed by atoms with Crippen molar-refractivity contribution in [2.45, 2.75) is 25.6 Å². The molecule has 2 aliphatic heterocycles. The number of carbonyl (C=O) groups is 2. The van der Waals surface area contributed by atoms with Gasteiger partial charge in [0.15, 0.2) is 10.9 Å². The molecule has 2 aromatic rings. The zero-order valence-electron chi connectivity index (χ0n) is 18.7. The van der Waals surface area contributed by atoms with Crippen molar-refractivity contribution < 1.29 is 31.9 Å². The van der Waals surface area contributed by atoms with E-state index in [4.69, 9.17) is 22.2 Å². The number of likely N-dealkylation sites (N-methyl/N-ethyl adjacent to an activating group) is 1. The molecule has 35 heavy (non-hydrogen) atoms. The molecule has 182 valence electrons. The Balaban J connectivity index is 1.82. The van der Waals surface area contributed by atoms with Gasteiger partial charge in [0.1, 0.15) is 23.5 Å². The molecule has 1 saturated heterocycles. The molecular weight excluding hydrogens is 488 g/mol. The van der Waals surface area contributed by atoms with E-state index in [1.807, 2.05) is 0 Å². The number of nitriles is 1. The number of hydrogen-bond acceptors (Lipinski definition) is 5. The summed E-state index contributed by atoms with van der Waals surface area (Å²) in [6.45, 7) is 3.56. The first-order valence-electron chi connectivity index (χ1n) is 10.3. The third-order valence-electron chi connectivity index (χ3n) is 5.92. The van der Waals surface area contributed by atoms with Crippen LogP contribution in [0.1, 0.15) is 35.3 Å². The van der Waals surface area contributed by atoms with E-state index >= 15 is 4.39 Å². The van der Waals surface area contributed by atoms with E-state index in [9.17, 15) is 22.8 Å². The highest BCUT2D eigenvalue weighted by Gasteiger charge is 2.52. The second-order valence-electron chi connectivity index (χ2n) is 8.50. The lowest BCUT2D eigenvalue weighted by Crippen LogP contribution is -2.44. The zero-order valence-corrected chi connectivity index (χ0v) is 19.6. The van der Waals surface area contributed by atoms with Gasteiger partial charge in [0.05, 0.1) is 29.4 Å². The monoisotopic (exact) mass is 506 g/mol. The smallest absolute Gasteiger partial charge is 0.420 e. The largest absolute Gasteiger partial charge is 0.491 e. The van der Waals surface area contributed by atoms with Gasteiger partial charge < -0.3 is 14.5 Å². The van der Waals surface area contributed by atoms with Gasteiger partial charge in [-0.2, -0.15) is 18.4 Å². The number of anilines is 2. The van der Waals surface area contributed by atoms with Gasteiger partial charge in [-0.1, -0.05) is 0 Å². The fourth-order valence-electron chi connectivity index (χ4n) is 4.09. The molecule has 0 aliphatic carbocycles. The lowest BCUT2D eigenvalue weighted by molar-refractivity contribution is -0.140. The number of alkyl halides is 3. The number of hydrogen-bond donors (Lipinski definition) is 0. The zero-order chi connectivity index (χ0) is 25.9. The van der Waals surface area contributed by atoms with E-state index in [0.29, 0.717) is 22.7 Å².